The Bertz CT molecular complexity index is 963. The summed E-state index contributed by atoms with van der Waals surface area (Å²) in [6, 6.07) is 5.73. The standard InChI is InChI=1S/C19H25N5O2S.ClH/c1-12-7-8-15(26-6)16-17(12)27-19(20-16)24(10-9-22(3)4)18(25)14-11-13(2)23(5)21-14;/h7-8,11H,9-10H2,1-6H3;1H. The summed E-state index contributed by atoms with van der Waals surface area (Å²) >= 11 is 1.51. The van der Waals surface area contributed by atoms with Gasteiger partial charge in [0.25, 0.3) is 5.91 Å². The van der Waals surface area contributed by atoms with Crippen molar-refractivity contribution in [2.75, 3.05) is 39.2 Å². The molecular weight excluding hydrogens is 398 g/mol. The average Bonchev–Trinajstić information content (AvgIpc) is 3.20. The van der Waals surface area contributed by atoms with Gasteiger partial charge in [-0.15, -0.1) is 12.4 Å². The molecule has 1 aromatic carbocycles. The maximum absolute atomic E-state index is 13.2. The fraction of sp³-hybridized carbons (Fsp3) is 0.421. The quantitative estimate of drug-likeness (QED) is 0.608. The first-order chi connectivity index (χ1) is 12.8. The molecular formula is C19H26ClN5O2S. The molecule has 28 heavy (non-hydrogen) atoms. The van der Waals surface area contributed by atoms with E-state index in [1.54, 1.807) is 16.7 Å². The maximum atomic E-state index is 13.2. The molecule has 3 rings (SSSR count). The SMILES string of the molecule is COc1ccc(C)c2sc(N(CCN(C)C)C(=O)c3cc(C)n(C)n3)nc12.Cl. The number of thiazole rings is 1. The topological polar surface area (TPSA) is 63.5 Å². The van der Waals surface area contributed by atoms with Crippen LogP contribution in [0, 0.1) is 13.8 Å². The van der Waals surface area contributed by atoms with Gasteiger partial charge in [0.05, 0.1) is 11.8 Å². The molecule has 0 aliphatic carbocycles. The first kappa shape index (κ1) is 22.1. The lowest BCUT2D eigenvalue weighted by molar-refractivity contribution is 0.0979. The number of carbonyl (C=O) groups excluding carboxylic acids is 1. The highest BCUT2D eigenvalue weighted by Crippen LogP contribution is 2.36. The second-order valence-electron chi connectivity index (χ2n) is 6.81. The van der Waals surface area contributed by atoms with E-state index in [2.05, 4.69) is 5.10 Å². The monoisotopic (exact) mass is 423 g/mol. The Balaban J connectivity index is 0.00000280. The van der Waals surface area contributed by atoms with Crippen LogP contribution in [-0.2, 0) is 7.05 Å². The summed E-state index contributed by atoms with van der Waals surface area (Å²) in [4.78, 5) is 21.7. The van der Waals surface area contributed by atoms with Crippen molar-refractivity contribution in [3.8, 4) is 5.75 Å². The van der Waals surface area contributed by atoms with Gasteiger partial charge in [0.2, 0.25) is 0 Å². The van der Waals surface area contributed by atoms with Gasteiger partial charge in [-0.1, -0.05) is 17.4 Å². The third-order valence-corrected chi connectivity index (χ3v) is 5.71. The third-order valence-electron chi connectivity index (χ3n) is 4.49. The Kier molecular flexibility index (Phi) is 7.03. The number of benzene rings is 1. The summed E-state index contributed by atoms with van der Waals surface area (Å²) in [7, 11) is 7.44. The molecule has 0 radical (unpaired) electrons. The van der Waals surface area contributed by atoms with Crippen LogP contribution in [0.2, 0.25) is 0 Å². The Hall–Kier alpha value is -2.16. The number of aromatic nitrogens is 3. The van der Waals surface area contributed by atoms with Gasteiger partial charge < -0.3 is 9.64 Å². The summed E-state index contributed by atoms with van der Waals surface area (Å²) in [6.45, 7) is 5.23. The van der Waals surface area contributed by atoms with Crippen LogP contribution in [0.3, 0.4) is 0 Å². The van der Waals surface area contributed by atoms with Crippen LogP contribution >= 0.6 is 23.7 Å². The number of hydrogen-bond donors (Lipinski definition) is 0. The third kappa shape index (κ3) is 4.29. The summed E-state index contributed by atoms with van der Waals surface area (Å²) < 4.78 is 8.20. The Morgan fingerprint density at radius 1 is 1.25 bits per heavy atom. The molecule has 0 unspecified atom stereocenters. The van der Waals surface area contributed by atoms with Gasteiger partial charge in [-0.05, 0) is 45.6 Å². The second-order valence-corrected chi connectivity index (χ2v) is 7.79. The summed E-state index contributed by atoms with van der Waals surface area (Å²) in [5.74, 6) is 0.572. The number of carbonyl (C=O) groups is 1. The lowest BCUT2D eigenvalue weighted by Gasteiger charge is -2.21. The minimum atomic E-state index is -0.142. The van der Waals surface area contributed by atoms with Crippen LogP contribution in [0.1, 0.15) is 21.7 Å². The number of amides is 1. The Labute approximate surface area is 175 Å². The molecule has 9 heteroatoms. The highest BCUT2D eigenvalue weighted by atomic mass is 35.5. The lowest BCUT2D eigenvalue weighted by Crippen LogP contribution is -2.37. The van der Waals surface area contributed by atoms with Crippen LogP contribution < -0.4 is 9.64 Å². The highest BCUT2D eigenvalue weighted by molar-refractivity contribution is 7.22. The molecule has 0 saturated carbocycles. The smallest absolute Gasteiger partial charge is 0.280 e. The number of aryl methyl sites for hydroxylation is 3. The lowest BCUT2D eigenvalue weighted by atomic mass is 10.2. The van der Waals surface area contributed by atoms with E-state index < -0.39 is 0 Å². The van der Waals surface area contributed by atoms with Crippen molar-refractivity contribution in [1.29, 1.82) is 0 Å². The normalized spacial score (nSPS) is 11.0. The minimum absolute atomic E-state index is 0. The summed E-state index contributed by atoms with van der Waals surface area (Å²) in [6.07, 6.45) is 0. The fourth-order valence-electron chi connectivity index (χ4n) is 2.77. The number of methoxy groups -OCH3 is 1. The zero-order valence-corrected chi connectivity index (χ0v) is 18.6. The first-order valence-corrected chi connectivity index (χ1v) is 9.55. The fourth-order valence-corrected chi connectivity index (χ4v) is 3.84. The van der Waals surface area contributed by atoms with Crippen LogP contribution in [0.4, 0.5) is 5.13 Å². The van der Waals surface area contributed by atoms with E-state index in [1.165, 1.54) is 11.3 Å². The van der Waals surface area contributed by atoms with Crippen molar-refractivity contribution >= 4 is 45.0 Å². The Morgan fingerprint density at radius 2 is 1.96 bits per heavy atom. The van der Waals surface area contributed by atoms with E-state index in [9.17, 15) is 4.79 Å². The molecule has 0 aliphatic rings. The molecule has 0 N–H and O–H groups in total. The molecule has 7 nitrogen and oxygen atoms in total. The number of hydrogen-bond acceptors (Lipinski definition) is 6. The number of ether oxygens (including phenoxy) is 1. The zero-order chi connectivity index (χ0) is 19.7. The largest absolute Gasteiger partial charge is 0.494 e. The van der Waals surface area contributed by atoms with E-state index in [-0.39, 0.29) is 18.3 Å². The van der Waals surface area contributed by atoms with E-state index >= 15 is 0 Å². The predicted octanol–water partition coefficient (Wildman–Crippen LogP) is 3.29. The van der Waals surface area contributed by atoms with Crippen molar-refractivity contribution < 1.29 is 9.53 Å². The van der Waals surface area contributed by atoms with Gasteiger partial charge in [0.15, 0.2) is 10.8 Å². The molecule has 1 amide bonds. The van der Waals surface area contributed by atoms with E-state index in [0.717, 1.165) is 28.0 Å². The second kappa shape index (κ2) is 8.89. The van der Waals surface area contributed by atoms with Crippen LogP contribution in [0.25, 0.3) is 10.2 Å². The van der Waals surface area contributed by atoms with Gasteiger partial charge in [0, 0.05) is 25.8 Å². The van der Waals surface area contributed by atoms with Crippen molar-refractivity contribution in [3.63, 3.8) is 0 Å². The van der Waals surface area contributed by atoms with Crippen LogP contribution in [-0.4, -0.2) is 59.9 Å². The van der Waals surface area contributed by atoms with Crippen molar-refractivity contribution in [2.24, 2.45) is 7.05 Å². The molecule has 2 heterocycles. The molecule has 0 bridgehead atoms. The highest BCUT2D eigenvalue weighted by Gasteiger charge is 2.25. The average molecular weight is 424 g/mol. The van der Waals surface area contributed by atoms with E-state index in [1.807, 2.05) is 58.1 Å². The number of rotatable bonds is 6. The molecule has 0 atom stereocenters. The Morgan fingerprint density at radius 3 is 2.54 bits per heavy atom. The van der Waals surface area contributed by atoms with Gasteiger partial charge in [0.1, 0.15) is 11.3 Å². The zero-order valence-electron chi connectivity index (χ0n) is 17.0. The number of likely N-dealkylation sites (N-methyl/N-ethyl adjacent to an activating group) is 1. The molecule has 152 valence electrons. The summed E-state index contributed by atoms with van der Waals surface area (Å²) in [5.41, 5.74) is 3.27. The van der Waals surface area contributed by atoms with Gasteiger partial charge in [-0.2, -0.15) is 5.10 Å². The number of anilines is 1. The first-order valence-electron chi connectivity index (χ1n) is 8.73. The van der Waals surface area contributed by atoms with E-state index in [0.29, 0.717) is 23.1 Å². The molecule has 0 fully saturated rings. The number of fused-ring (bicyclic) bond motifs is 1. The van der Waals surface area contributed by atoms with Gasteiger partial charge >= 0.3 is 0 Å². The van der Waals surface area contributed by atoms with Crippen molar-refractivity contribution in [3.05, 3.63) is 35.2 Å². The number of halogens is 1. The van der Waals surface area contributed by atoms with Gasteiger partial charge in [-0.3, -0.25) is 14.4 Å². The van der Waals surface area contributed by atoms with Crippen molar-refractivity contribution in [2.45, 2.75) is 13.8 Å². The predicted molar refractivity (Wildman–Crippen MR) is 116 cm³/mol. The van der Waals surface area contributed by atoms with E-state index in [4.69, 9.17) is 9.72 Å². The molecule has 2 aromatic heterocycles. The minimum Gasteiger partial charge on any atom is -0.494 e. The maximum Gasteiger partial charge on any atom is 0.280 e. The molecule has 3 aromatic rings. The molecule has 0 aliphatic heterocycles. The van der Waals surface area contributed by atoms with Gasteiger partial charge in [-0.25, -0.2) is 4.98 Å². The molecule has 0 saturated heterocycles. The number of nitrogens with zero attached hydrogens (tertiary/aromatic N) is 5. The molecule has 0 spiro atoms. The van der Waals surface area contributed by atoms with Crippen LogP contribution in [0.5, 0.6) is 5.75 Å². The van der Waals surface area contributed by atoms with Crippen LogP contribution in [0.15, 0.2) is 18.2 Å². The summed E-state index contributed by atoms with van der Waals surface area (Å²) in [5, 5.41) is 5.01. The van der Waals surface area contributed by atoms with Crippen molar-refractivity contribution in [1.82, 2.24) is 19.7 Å².